The minimum absolute atomic E-state index is 0.298. The molecule has 0 radical (unpaired) electrons. The van der Waals surface area contributed by atoms with Crippen molar-refractivity contribution in [1.29, 1.82) is 0 Å². The highest BCUT2D eigenvalue weighted by Crippen LogP contribution is 2.28. The van der Waals surface area contributed by atoms with Crippen LogP contribution in [-0.4, -0.2) is 37.5 Å². The fourth-order valence-corrected chi connectivity index (χ4v) is 3.59. The van der Waals surface area contributed by atoms with Crippen molar-refractivity contribution in [3.63, 3.8) is 0 Å². The van der Waals surface area contributed by atoms with Gasteiger partial charge in [0.05, 0.1) is 13.2 Å². The van der Waals surface area contributed by atoms with E-state index in [2.05, 4.69) is 10.6 Å². The quantitative estimate of drug-likeness (QED) is 0.365. The highest BCUT2D eigenvalue weighted by molar-refractivity contribution is 5.98. The van der Waals surface area contributed by atoms with Gasteiger partial charge in [0.25, 0.3) is 11.8 Å². The smallest absolute Gasteiger partial charge is 0.326 e. The lowest BCUT2D eigenvalue weighted by Crippen LogP contribution is -2.33. The van der Waals surface area contributed by atoms with E-state index in [1.54, 1.807) is 48.5 Å². The van der Waals surface area contributed by atoms with Gasteiger partial charge in [0.1, 0.15) is 6.54 Å². The van der Waals surface area contributed by atoms with Crippen LogP contribution in [0.5, 0.6) is 11.5 Å². The molecule has 2 N–H and O–H groups in total. The molecule has 0 aliphatic heterocycles. The summed E-state index contributed by atoms with van der Waals surface area (Å²) in [6, 6.07) is 19.2. The number of aryl methyl sites for hydroxylation is 2. The van der Waals surface area contributed by atoms with Gasteiger partial charge < -0.3 is 24.8 Å². The van der Waals surface area contributed by atoms with Crippen LogP contribution in [0.25, 0.3) is 0 Å². The number of anilines is 1. The first-order valence-corrected chi connectivity index (χ1v) is 12.1. The van der Waals surface area contributed by atoms with E-state index in [1.165, 1.54) is 0 Å². The minimum Gasteiger partial charge on any atom is -0.490 e. The van der Waals surface area contributed by atoms with Crippen LogP contribution in [0.4, 0.5) is 5.69 Å². The van der Waals surface area contributed by atoms with Crippen LogP contribution < -0.4 is 20.1 Å². The molecule has 0 aliphatic carbocycles. The molecule has 0 fully saturated rings. The number of ether oxygens (including phenoxy) is 3. The lowest BCUT2D eigenvalue weighted by molar-refractivity contribution is -0.153. The second-order valence-corrected chi connectivity index (χ2v) is 8.30. The molecule has 0 bridgehead atoms. The molecule has 0 unspecified atom stereocenters. The maximum atomic E-state index is 13.2. The summed E-state index contributed by atoms with van der Waals surface area (Å²) >= 11 is 0. The molecule has 8 nitrogen and oxygen atoms in total. The van der Waals surface area contributed by atoms with Gasteiger partial charge in [-0.05, 0) is 63.1 Å². The molecule has 0 saturated carbocycles. The molecule has 0 spiro atoms. The summed E-state index contributed by atoms with van der Waals surface area (Å²) in [5.41, 5.74) is 3.31. The maximum Gasteiger partial charge on any atom is 0.326 e. The number of hydrogen-bond acceptors (Lipinski definition) is 6. The number of carbonyl (C=O) groups excluding carboxylic acids is 3. The lowest BCUT2D eigenvalue weighted by atomic mass is 10.1. The Labute approximate surface area is 216 Å². The first-order chi connectivity index (χ1) is 17.8. The third kappa shape index (κ3) is 7.57. The Morgan fingerprint density at radius 1 is 0.838 bits per heavy atom. The summed E-state index contributed by atoms with van der Waals surface area (Å²) in [6.45, 7) is 7.93. The van der Waals surface area contributed by atoms with Crippen molar-refractivity contribution in [2.45, 2.75) is 33.8 Å². The Bertz CT molecular complexity index is 1240. The Morgan fingerprint density at radius 3 is 2.24 bits per heavy atom. The van der Waals surface area contributed by atoms with Crippen LogP contribution >= 0.6 is 0 Å². The molecule has 37 heavy (non-hydrogen) atoms. The summed E-state index contributed by atoms with van der Waals surface area (Å²) in [4.78, 5) is 38.5. The molecular formula is C29H32N2O6. The number of rotatable bonds is 11. The second-order valence-electron chi connectivity index (χ2n) is 8.30. The first-order valence-electron chi connectivity index (χ1n) is 12.1. The van der Waals surface area contributed by atoms with E-state index in [0.29, 0.717) is 41.5 Å². The summed E-state index contributed by atoms with van der Waals surface area (Å²) in [5, 5.41) is 5.39. The van der Waals surface area contributed by atoms with Gasteiger partial charge in [-0.2, -0.15) is 0 Å². The van der Waals surface area contributed by atoms with E-state index in [1.807, 2.05) is 45.9 Å². The van der Waals surface area contributed by atoms with Crippen molar-refractivity contribution in [3.8, 4) is 11.5 Å². The Hall–Kier alpha value is -4.33. The van der Waals surface area contributed by atoms with E-state index < -0.39 is 30.4 Å². The molecule has 0 aliphatic rings. The molecular weight excluding hydrogens is 472 g/mol. The molecule has 0 heterocycles. The molecule has 2 amide bonds. The topological polar surface area (TPSA) is 103 Å². The number of esters is 1. The first kappa shape index (κ1) is 27.3. The van der Waals surface area contributed by atoms with Gasteiger partial charge in [-0.3, -0.25) is 14.4 Å². The van der Waals surface area contributed by atoms with Crippen LogP contribution in [0.2, 0.25) is 0 Å². The molecule has 3 aromatic carbocycles. The van der Waals surface area contributed by atoms with Crippen molar-refractivity contribution < 1.29 is 28.6 Å². The zero-order valence-corrected chi connectivity index (χ0v) is 21.5. The molecule has 3 aromatic rings. The molecule has 1 atom stereocenters. The molecule has 3 rings (SSSR count). The van der Waals surface area contributed by atoms with Gasteiger partial charge in [-0.15, -0.1) is 0 Å². The molecule has 0 aromatic heterocycles. The van der Waals surface area contributed by atoms with Crippen molar-refractivity contribution in [3.05, 3.63) is 89.0 Å². The van der Waals surface area contributed by atoms with Gasteiger partial charge in [0, 0.05) is 16.8 Å². The average Bonchev–Trinajstić information content (AvgIpc) is 2.89. The van der Waals surface area contributed by atoms with Gasteiger partial charge in [0.2, 0.25) is 6.10 Å². The Kier molecular flexibility index (Phi) is 9.66. The van der Waals surface area contributed by atoms with Gasteiger partial charge in [-0.25, -0.2) is 0 Å². The lowest BCUT2D eigenvalue weighted by Gasteiger charge is -2.19. The number of hydrogen-bond donors (Lipinski definition) is 2. The fourth-order valence-electron chi connectivity index (χ4n) is 3.59. The van der Waals surface area contributed by atoms with Crippen molar-refractivity contribution in [2.75, 3.05) is 25.1 Å². The normalized spacial score (nSPS) is 11.2. The van der Waals surface area contributed by atoms with Crippen LogP contribution in [0, 0.1) is 13.8 Å². The van der Waals surface area contributed by atoms with Crippen LogP contribution in [0.15, 0.2) is 66.7 Å². The number of nitrogens with one attached hydrogen (secondary N) is 2. The predicted molar refractivity (Wildman–Crippen MR) is 141 cm³/mol. The van der Waals surface area contributed by atoms with Crippen LogP contribution in [-0.2, 0) is 14.3 Å². The number of carbonyl (C=O) groups is 3. The molecule has 194 valence electrons. The van der Waals surface area contributed by atoms with Gasteiger partial charge in [0.15, 0.2) is 11.5 Å². The fraction of sp³-hybridized carbons (Fsp3) is 0.276. The zero-order chi connectivity index (χ0) is 26.8. The monoisotopic (exact) mass is 504 g/mol. The summed E-state index contributed by atoms with van der Waals surface area (Å²) < 4.78 is 16.6. The Morgan fingerprint density at radius 2 is 1.54 bits per heavy atom. The van der Waals surface area contributed by atoms with E-state index in [-0.39, 0.29) is 0 Å². The third-order valence-electron chi connectivity index (χ3n) is 5.44. The zero-order valence-electron chi connectivity index (χ0n) is 21.5. The standard InChI is InChI=1S/C29H32N2O6/c1-5-35-24-15-14-22(17-25(24)36-6-2)28(33)30-18-26(32)37-27(21-10-8-7-9-11-21)29(34)31-23-16-19(3)12-13-20(23)4/h7-17,27H,5-6,18H2,1-4H3,(H,30,33)(H,31,34)/t27-/m1/s1. The number of benzene rings is 3. The maximum absolute atomic E-state index is 13.2. The predicted octanol–water partition coefficient (Wildman–Crippen LogP) is 4.75. The van der Waals surface area contributed by atoms with Crippen molar-refractivity contribution in [2.24, 2.45) is 0 Å². The average molecular weight is 505 g/mol. The van der Waals surface area contributed by atoms with Crippen molar-refractivity contribution in [1.82, 2.24) is 5.32 Å². The molecule has 8 heteroatoms. The summed E-state index contributed by atoms with van der Waals surface area (Å²) in [5.74, 6) is -0.772. The summed E-state index contributed by atoms with van der Waals surface area (Å²) in [6.07, 6.45) is -1.19. The van der Waals surface area contributed by atoms with E-state index in [4.69, 9.17) is 14.2 Å². The van der Waals surface area contributed by atoms with E-state index >= 15 is 0 Å². The van der Waals surface area contributed by atoms with Gasteiger partial charge in [-0.1, -0.05) is 42.5 Å². The van der Waals surface area contributed by atoms with Crippen molar-refractivity contribution >= 4 is 23.5 Å². The highest BCUT2D eigenvalue weighted by atomic mass is 16.5. The van der Waals surface area contributed by atoms with E-state index in [0.717, 1.165) is 11.1 Å². The SMILES string of the molecule is CCOc1ccc(C(=O)NCC(=O)O[C@@H](C(=O)Nc2cc(C)ccc2C)c2ccccc2)cc1OCC. The second kappa shape index (κ2) is 13.1. The van der Waals surface area contributed by atoms with Crippen LogP contribution in [0.3, 0.4) is 0 Å². The highest BCUT2D eigenvalue weighted by Gasteiger charge is 2.26. The largest absolute Gasteiger partial charge is 0.490 e. The molecule has 0 saturated heterocycles. The summed E-state index contributed by atoms with van der Waals surface area (Å²) in [7, 11) is 0. The number of amides is 2. The minimum atomic E-state index is -1.19. The third-order valence-corrected chi connectivity index (χ3v) is 5.44. The van der Waals surface area contributed by atoms with E-state index in [9.17, 15) is 14.4 Å². The van der Waals surface area contributed by atoms with Crippen LogP contribution in [0.1, 0.15) is 47.0 Å². The Balaban J connectivity index is 1.69. The van der Waals surface area contributed by atoms with Gasteiger partial charge >= 0.3 is 5.97 Å².